The van der Waals surface area contributed by atoms with E-state index in [1.54, 1.807) is 26.1 Å². The van der Waals surface area contributed by atoms with Crippen LogP contribution in [0, 0.1) is 6.92 Å². The van der Waals surface area contributed by atoms with Crippen LogP contribution in [-0.2, 0) is 10.0 Å². The lowest BCUT2D eigenvalue weighted by atomic mass is 10.1. The van der Waals surface area contributed by atoms with Crippen LogP contribution < -0.4 is 5.32 Å². The number of aryl methyl sites for hydroxylation is 1. The lowest BCUT2D eigenvalue weighted by molar-refractivity contribution is 0.341. The molecule has 0 saturated carbocycles. The van der Waals surface area contributed by atoms with E-state index in [1.165, 1.54) is 10.4 Å². The van der Waals surface area contributed by atoms with Gasteiger partial charge in [0.2, 0.25) is 10.0 Å². The summed E-state index contributed by atoms with van der Waals surface area (Å²) in [5, 5.41) is 3.75. The van der Waals surface area contributed by atoms with E-state index in [4.69, 9.17) is 11.6 Å². The molecule has 0 aromatic heterocycles. The molecule has 0 amide bonds. The van der Waals surface area contributed by atoms with Crippen LogP contribution in [0.4, 0.5) is 0 Å². The first-order valence-corrected chi connectivity index (χ1v) is 8.69. The third kappa shape index (κ3) is 3.34. The Morgan fingerprint density at radius 3 is 2.80 bits per heavy atom. The number of benzene rings is 1. The van der Waals surface area contributed by atoms with E-state index in [9.17, 15) is 8.42 Å². The zero-order valence-electron chi connectivity index (χ0n) is 11.9. The quantitative estimate of drug-likeness (QED) is 0.931. The summed E-state index contributed by atoms with van der Waals surface area (Å²) in [7, 11) is -1.81. The average molecular weight is 317 g/mol. The second kappa shape index (κ2) is 6.43. The maximum absolute atomic E-state index is 12.8. The van der Waals surface area contributed by atoms with Gasteiger partial charge in [0, 0.05) is 18.1 Å². The number of halogens is 1. The van der Waals surface area contributed by atoms with Crippen LogP contribution in [0.2, 0.25) is 5.02 Å². The van der Waals surface area contributed by atoms with E-state index in [0.29, 0.717) is 9.92 Å². The van der Waals surface area contributed by atoms with Crippen molar-refractivity contribution in [3.05, 3.63) is 28.8 Å². The van der Waals surface area contributed by atoms with Crippen LogP contribution in [0.5, 0.6) is 0 Å². The summed E-state index contributed by atoms with van der Waals surface area (Å²) in [4.78, 5) is 0.310. The van der Waals surface area contributed by atoms with Crippen LogP contribution in [0.3, 0.4) is 0 Å². The van der Waals surface area contributed by atoms with Crippen molar-refractivity contribution in [3.8, 4) is 0 Å². The van der Waals surface area contributed by atoms with E-state index < -0.39 is 10.0 Å². The second-order valence-electron chi connectivity index (χ2n) is 5.27. The van der Waals surface area contributed by atoms with E-state index in [-0.39, 0.29) is 6.04 Å². The molecule has 1 aliphatic heterocycles. The standard InChI is InChI=1S/C14H21ClN2O2S/c1-11-5-6-12(15)10-14(11)20(18,19)17(2)13-4-3-8-16-9-7-13/h5-6,10,13,16H,3-4,7-9H2,1-2H3. The topological polar surface area (TPSA) is 49.4 Å². The SMILES string of the molecule is Cc1ccc(Cl)cc1S(=O)(=O)N(C)C1CCCNCC1. The Morgan fingerprint density at radius 1 is 1.30 bits per heavy atom. The molecule has 1 aliphatic rings. The van der Waals surface area contributed by atoms with Crippen molar-refractivity contribution in [3.63, 3.8) is 0 Å². The molecule has 4 nitrogen and oxygen atoms in total. The number of rotatable bonds is 3. The highest BCUT2D eigenvalue weighted by atomic mass is 35.5. The van der Waals surface area contributed by atoms with Gasteiger partial charge in [0.05, 0.1) is 4.90 Å². The molecule has 2 rings (SSSR count). The zero-order chi connectivity index (χ0) is 14.8. The predicted octanol–water partition coefficient (Wildman–Crippen LogP) is 2.41. The molecule has 1 aromatic rings. The molecule has 1 aromatic carbocycles. The van der Waals surface area contributed by atoms with Crippen molar-refractivity contribution in [2.24, 2.45) is 0 Å². The summed E-state index contributed by atoms with van der Waals surface area (Å²) >= 11 is 5.95. The molecule has 0 aliphatic carbocycles. The smallest absolute Gasteiger partial charge is 0.243 e. The van der Waals surface area contributed by atoms with Gasteiger partial charge >= 0.3 is 0 Å². The maximum atomic E-state index is 12.8. The lowest BCUT2D eigenvalue weighted by Gasteiger charge is -2.27. The van der Waals surface area contributed by atoms with Crippen molar-refractivity contribution >= 4 is 21.6 Å². The van der Waals surface area contributed by atoms with Crippen LogP contribution in [0.25, 0.3) is 0 Å². The fraction of sp³-hybridized carbons (Fsp3) is 0.571. The highest BCUT2D eigenvalue weighted by Crippen LogP contribution is 2.26. The minimum Gasteiger partial charge on any atom is -0.317 e. The number of nitrogens with zero attached hydrogens (tertiary/aromatic N) is 1. The molecule has 1 fully saturated rings. The highest BCUT2D eigenvalue weighted by molar-refractivity contribution is 7.89. The molecule has 1 N–H and O–H groups in total. The molecule has 1 atom stereocenters. The van der Waals surface area contributed by atoms with Gasteiger partial charge in [0.15, 0.2) is 0 Å². The molecule has 1 heterocycles. The van der Waals surface area contributed by atoms with E-state index in [0.717, 1.165) is 37.9 Å². The summed E-state index contributed by atoms with van der Waals surface area (Å²) in [6.45, 7) is 3.62. The van der Waals surface area contributed by atoms with Gasteiger partial charge in [-0.2, -0.15) is 4.31 Å². The van der Waals surface area contributed by atoms with Gasteiger partial charge in [-0.1, -0.05) is 17.7 Å². The van der Waals surface area contributed by atoms with E-state index >= 15 is 0 Å². The Balaban J connectivity index is 2.31. The fourth-order valence-corrected chi connectivity index (χ4v) is 4.47. The van der Waals surface area contributed by atoms with Gasteiger partial charge in [-0.3, -0.25) is 0 Å². The van der Waals surface area contributed by atoms with Crippen LogP contribution in [0.1, 0.15) is 24.8 Å². The maximum Gasteiger partial charge on any atom is 0.243 e. The van der Waals surface area contributed by atoms with Crippen LogP contribution in [0.15, 0.2) is 23.1 Å². The third-order valence-electron chi connectivity index (χ3n) is 3.87. The molecule has 0 radical (unpaired) electrons. The molecule has 1 unspecified atom stereocenters. The summed E-state index contributed by atoms with van der Waals surface area (Å²) in [5.74, 6) is 0. The van der Waals surface area contributed by atoms with Crippen molar-refractivity contribution in [1.29, 1.82) is 0 Å². The fourth-order valence-electron chi connectivity index (χ4n) is 2.57. The Bertz CT molecular complexity index is 567. The van der Waals surface area contributed by atoms with Crippen molar-refractivity contribution in [2.45, 2.75) is 37.1 Å². The van der Waals surface area contributed by atoms with Gasteiger partial charge in [-0.25, -0.2) is 8.42 Å². The minimum absolute atomic E-state index is 0.0494. The molecular weight excluding hydrogens is 296 g/mol. The molecule has 6 heteroatoms. The van der Waals surface area contributed by atoms with Crippen LogP contribution in [-0.4, -0.2) is 38.9 Å². The summed E-state index contributed by atoms with van der Waals surface area (Å²) < 4.78 is 27.0. The largest absolute Gasteiger partial charge is 0.317 e. The van der Waals surface area contributed by atoms with Gasteiger partial charge in [-0.05, 0) is 57.0 Å². The minimum atomic E-state index is -3.49. The summed E-state index contributed by atoms with van der Waals surface area (Å²) in [6.07, 6.45) is 2.73. The number of hydrogen-bond donors (Lipinski definition) is 1. The molecule has 0 spiro atoms. The van der Waals surface area contributed by atoms with Crippen molar-refractivity contribution in [1.82, 2.24) is 9.62 Å². The van der Waals surface area contributed by atoms with E-state index in [2.05, 4.69) is 5.32 Å². The normalized spacial score (nSPS) is 20.9. The Morgan fingerprint density at radius 2 is 2.05 bits per heavy atom. The number of hydrogen-bond acceptors (Lipinski definition) is 3. The molecule has 20 heavy (non-hydrogen) atoms. The second-order valence-corrected chi connectivity index (χ2v) is 7.67. The molecular formula is C14H21ClN2O2S. The highest BCUT2D eigenvalue weighted by Gasteiger charge is 2.29. The van der Waals surface area contributed by atoms with Crippen molar-refractivity contribution < 1.29 is 8.42 Å². The summed E-state index contributed by atoms with van der Waals surface area (Å²) in [6, 6.07) is 5.05. The summed E-state index contributed by atoms with van der Waals surface area (Å²) in [5.41, 5.74) is 0.730. The van der Waals surface area contributed by atoms with Crippen molar-refractivity contribution in [2.75, 3.05) is 20.1 Å². The Hall–Kier alpha value is -0.620. The van der Waals surface area contributed by atoms with E-state index in [1.807, 2.05) is 0 Å². The number of nitrogens with one attached hydrogen (secondary N) is 1. The number of sulfonamides is 1. The Labute approximate surface area is 126 Å². The monoisotopic (exact) mass is 316 g/mol. The average Bonchev–Trinajstić information content (AvgIpc) is 2.69. The van der Waals surface area contributed by atoms with Crippen LogP contribution >= 0.6 is 11.6 Å². The first-order valence-electron chi connectivity index (χ1n) is 6.88. The Kier molecular flexibility index (Phi) is 5.07. The van der Waals surface area contributed by atoms with Gasteiger partial charge in [0.1, 0.15) is 0 Å². The molecule has 112 valence electrons. The predicted molar refractivity (Wildman–Crippen MR) is 81.6 cm³/mol. The third-order valence-corrected chi connectivity index (χ3v) is 6.15. The van der Waals surface area contributed by atoms with Gasteiger partial charge in [-0.15, -0.1) is 0 Å². The van der Waals surface area contributed by atoms with Gasteiger partial charge < -0.3 is 5.32 Å². The first-order chi connectivity index (χ1) is 9.43. The molecule has 1 saturated heterocycles. The molecule has 0 bridgehead atoms. The van der Waals surface area contributed by atoms with Gasteiger partial charge in [0.25, 0.3) is 0 Å². The lowest BCUT2D eigenvalue weighted by Crippen LogP contribution is -2.37. The zero-order valence-corrected chi connectivity index (χ0v) is 13.5. The first kappa shape index (κ1) is 15.8.